The van der Waals surface area contributed by atoms with Crippen LogP contribution in [0.15, 0.2) is 47.3 Å². The number of rotatable bonds is 3. The van der Waals surface area contributed by atoms with Crippen molar-refractivity contribution in [1.82, 2.24) is 9.55 Å². The molecule has 0 aliphatic rings. The largest absolute Gasteiger partial charge is 0.352 e. The number of halogens is 3. The van der Waals surface area contributed by atoms with Gasteiger partial charge in [-0.05, 0) is 24.6 Å². The Morgan fingerprint density at radius 1 is 1.22 bits per heavy atom. The number of hydrogen-bond donors (Lipinski definition) is 0. The first-order valence-corrected chi connectivity index (χ1v) is 7.49. The van der Waals surface area contributed by atoms with E-state index in [1.165, 1.54) is 16.7 Å². The molecule has 0 aliphatic carbocycles. The third-order valence-corrected chi connectivity index (χ3v) is 4.00. The lowest BCUT2D eigenvalue weighted by atomic mass is 10.1. The highest BCUT2D eigenvalue weighted by molar-refractivity contribution is 6.32. The molecule has 0 radical (unpaired) electrons. The van der Waals surface area contributed by atoms with E-state index in [1.54, 1.807) is 30.3 Å². The highest BCUT2D eigenvalue weighted by atomic mass is 35.5. The van der Waals surface area contributed by atoms with E-state index in [9.17, 15) is 13.6 Å². The summed E-state index contributed by atoms with van der Waals surface area (Å²) >= 11 is 6.17. The van der Waals surface area contributed by atoms with Gasteiger partial charge < -0.3 is 0 Å². The highest BCUT2D eigenvalue weighted by Gasteiger charge is 2.16. The van der Waals surface area contributed by atoms with Crippen molar-refractivity contribution in [3.8, 4) is 5.69 Å². The molecule has 3 nitrogen and oxygen atoms in total. The van der Waals surface area contributed by atoms with Gasteiger partial charge in [-0.2, -0.15) is 4.98 Å². The lowest BCUT2D eigenvalue weighted by Gasteiger charge is -2.14. The molecule has 0 bridgehead atoms. The van der Waals surface area contributed by atoms with Crippen molar-refractivity contribution < 1.29 is 8.78 Å². The van der Waals surface area contributed by atoms with E-state index in [1.807, 2.05) is 6.92 Å². The summed E-state index contributed by atoms with van der Waals surface area (Å²) < 4.78 is 27.4. The maximum atomic E-state index is 13.1. The van der Waals surface area contributed by atoms with Gasteiger partial charge in [-0.3, -0.25) is 4.57 Å². The Balaban J connectivity index is 2.45. The van der Waals surface area contributed by atoms with E-state index in [0.717, 1.165) is 0 Å². The molecule has 0 amide bonds. The summed E-state index contributed by atoms with van der Waals surface area (Å²) in [7, 11) is 0. The number of hydrogen-bond acceptors (Lipinski definition) is 2. The van der Waals surface area contributed by atoms with Gasteiger partial charge in [0.25, 0.3) is 6.43 Å². The second-order valence-electron chi connectivity index (χ2n) is 5.06. The number of alkyl halides is 2. The second kappa shape index (κ2) is 6.08. The minimum Gasteiger partial charge on any atom is -0.259 e. The molecular formula is C17H13ClF2N2O. The van der Waals surface area contributed by atoms with E-state index in [0.29, 0.717) is 33.7 Å². The van der Waals surface area contributed by atoms with Crippen molar-refractivity contribution in [2.75, 3.05) is 0 Å². The summed E-state index contributed by atoms with van der Waals surface area (Å²) in [5.41, 5.74) is 0.701. The average Bonchev–Trinajstić information content (AvgIpc) is 2.54. The van der Waals surface area contributed by atoms with Crippen LogP contribution in [0.1, 0.15) is 24.6 Å². The fourth-order valence-corrected chi connectivity index (χ4v) is 2.80. The summed E-state index contributed by atoms with van der Waals surface area (Å²) in [5.74, 6) is 0. The molecule has 0 fully saturated rings. The van der Waals surface area contributed by atoms with Gasteiger partial charge >= 0.3 is 5.69 Å². The molecule has 23 heavy (non-hydrogen) atoms. The van der Waals surface area contributed by atoms with Crippen molar-refractivity contribution in [1.29, 1.82) is 0 Å². The second-order valence-corrected chi connectivity index (χ2v) is 5.47. The van der Waals surface area contributed by atoms with Gasteiger partial charge in [-0.15, -0.1) is 0 Å². The van der Waals surface area contributed by atoms with E-state index >= 15 is 0 Å². The molecule has 6 heteroatoms. The molecule has 118 valence electrons. The summed E-state index contributed by atoms with van der Waals surface area (Å²) in [6.07, 6.45) is -2.09. The van der Waals surface area contributed by atoms with Gasteiger partial charge in [-0.1, -0.05) is 42.8 Å². The van der Waals surface area contributed by atoms with Crippen LogP contribution in [0.25, 0.3) is 16.6 Å². The quantitative estimate of drug-likeness (QED) is 0.705. The Bertz CT molecular complexity index is 938. The van der Waals surface area contributed by atoms with E-state index in [4.69, 9.17) is 11.6 Å². The number of benzene rings is 2. The molecule has 3 rings (SSSR count). The first-order valence-electron chi connectivity index (χ1n) is 7.11. The van der Waals surface area contributed by atoms with Gasteiger partial charge in [0.1, 0.15) is 0 Å². The number of para-hydroxylation sites is 1. The molecule has 1 aromatic heterocycles. The molecule has 0 aliphatic heterocycles. The smallest absolute Gasteiger partial charge is 0.259 e. The number of nitrogens with zero attached hydrogens (tertiary/aromatic N) is 2. The summed E-state index contributed by atoms with van der Waals surface area (Å²) in [6.45, 7) is 1.86. The Kier molecular flexibility index (Phi) is 4.13. The van der Waals surface area contributed by atoms with Crippen LogP contribution in [0, 0.1) is 0 Å². The third kappa shape index (κ3) is 2.72. The topological polar surface area (TPSA) is 34.9 Å². The van der Waals surface area contributed by atoms with Crippen LogP contribution in [-0.2, 0) is 6.42 Å². The van der Waals surface area contributed by atoms with Gasteiger partial charge in [0.05, 0.1) is 21.9 Å². The molecule has 0 saturated heterocycles. The van der Waals surface area contributed by atoms with Crippen molar-refractivity contribution in [3.05, 3.63) is 69.2 Å². The standard InChI is InChI=1S/C17H13ClF2N2O/c1-2-13-11-8-7-10(16(19)20)9-15(11)22(17(23)21-13)14-6-4-3-5-12(14)18/h3-9,16H,2H2,1H3. The van der Waals surface area contributed by atoms with Crippen molar-refractivity contribution in [2.24, 2.45) is 0 Å². The highest BCUT2D eigenvalue weighted by Crippen LogP contribution is 2.28. The van der Waals surface area contributed by atoms with Gasteiger partial charge in [-0.25, -0.2) is 13.6 Å². The van der Waals surface area contributed by atoms with E-state index in [2.05, 4.69) is 4.98 Å². The molecule has 2 aromatic carbocycles. The SMILES string of the molecule is CCc1nc(=O)n(-c2ccccc2Cl)c2cc(C(F)F)ccc12. The maximum absolute atomic E-state index is 13.1. The Morgan fingerprint density at radius 2 is 1.96 bits per heavy atom. The number of aromatic nitrogens is 2. The molecule has 0 saturated carbocycles. The lowest BCUT2D eigenvalue weighted by molar-refractivity contribution is 0.151. The minimum absolute atomic E-state index is 0.147. The van der Waals surface area contributed by atoms with Gasteiger partial charge in [0, 0.05) is 10.9 Å². The first-order chi connectivity index (χ1) is 11.0. The molecular weight excluding hydrogens is 322 g/mol. The predicted molar refractivity (Wildman–Crippen MR) is 86.7 cm³/mol. The Labute approximate surface area is 136 Å². The third-order valence-electron chi connectivity index (χ3n) is 3.68. The maximum Gasteiger partial charge on any atom is 0.352 e. The van der Waals surface area contributed by atoms with Crippen LogP contribution in [-0.4, -0.2) is 9.55 Å². The van der Waals surface area contributed by atoms with Crippen molar-refractivity contribution in [3.63, 3.8) is 0 Å². The van der Waals surface area contributed by atoms with Crippen LogP contribution >= 0.6 is 11.6 Å². The van der Waals surface area contributed by atoms with E-state index in [-0.39, 0.29) is 5.56 Å². The van der Waals surface area contributed by atoms with E-state index < -0.39 is 12.1 Å². The number of fused-ring (bicyclic) bond motifs is 1. The minimum atomic E-state index is -2.62. The van der Waals surface area contributed by atoms with Crippen molar-refractivity contribution in [2.45, 2.75) is 19.8 Å². The molecule has 3 aromatic rings. The zero-order valence-electron chi connectivity index (χ0n) is 12.3. The summed E-state index contributed by atoms with van der Waals surface area (Å²) in [6, 6.07) is 11.0. The normalized spacial score (nSPS) is 11.3. The van der Waals surface area contributed by atoms with Crippen molar-refractivity contribution >= 4 is 22.5 Å². The van der Waals surface area contributed by atoms with Crippen LogP contribution in [0.2, 0.25) is 5.02 Å². The zero-order chi connectivity index (χ0) is 16.6. The zero-order valence-corrected chi connectivity index (χ0v) is 13.0. The molecule has 0 unspecified atom stereocenters. The summed E-state index contributed by atoms with van der Waals surface area (Å²) in [4.78, 5) is 16.5. The van der Waals surface area contributed by atoms with Gasteiger partial charge in [0.15, 0.2) is 0 Å². The Hall–Kier alpha value is -2.27. The first kappa shape index (κ1) is 15.6. The van der Waals surface area contributed by atoms with Crippen LogP contribution in [0.4, 0.5) is 8.78 Å². The monoisotopic (exact) mass is 334 g/mol. The number of aryl methyl sites for hydroxylation is 1. The Morgan fingerprint density at radius 3 is 2.61 bits per heavy atom. The van der Waals surface area contributed by atoms with Crippen LogP contribution in [0.3, 0.4) is 0 Å². The fraction of sp³-hybridized carbons (Fsp3) is 0.176. The summed E-state index contributed by atoms with van der Waals surface area (Å²) in [5, 5.41) is 1.01. The molecule has 0 N–H and O–H groups in total. The fourth-order valence-electron chi connectivity index (χ4n) is 2.58. The van der Waals surface area contributed by atoms with Gasteiger partial charge in [0.2, 0.25) is 0 Å². The molecule has 0 atom stereocenters. The molecule has 1 heterocycles. The van der Waals surface area contributed by atoms with Crippen LogP contribution < -0.4 is 5.69 Å². The van der Waals surface area contributed by atoms with Crippen LogP contribution in [0.5, 0.6) is 0 Å². The lowest BCUT2D eigenvalue weighted by Crippen LogP contribution is -2.23. The average molecular weight is 335 g/mol. The predicted octanol–water partition coefficient (Wildman–Crippen LogP) is 4.54. The molecule has 0 spiro atoms.